The molecule has 6 heteroatoms. The Labute approximate surface area is 133 Å². The SMILES string of the molecule is COCc1cccc(NC(=O)CCNC(=O)c2ccsc2)c1. The summed E-state index contributed by atoms with van der Waals surface area (Å²) < 4.78 is 5.06. The Morgan fingerprint density at radius 1 is 1.27 bits per heavy atom. The summed E-state index contributed by atoms with van der Waals surface area (Å²) in [7, 11) is 1.63. The van der Waals surface area contributed by atoms with E-state index in [1.165, 1.54) is 11.3 Å². The van der Waals surface area contributed by atoms with Crippen LogP contribution in [-0.4, -0.2) is 25.5 Å². The lowest BCUT2D eigenvalue weighted by atomic mass is 10.2. The number of rotatable bonds is 7. The van der Waals surface area contributed by atoms with Crippen molar-refractivity contribution in [1.29, 1.82) is 0 Å². The van der Waals surface area contributed by atoms with Gasteiger partial charge in [0.25, 0.3) is 5.91 Å². The predicted octanol–water partition coefficient (Wildman–Crippen LogP) is 2.65. The lowest BCUT2D eigenvalue weighted by Crippen LogP contribution is -2.27. The Bertz CT molecular complexity index is 626. The Kier molecular flexibility index (Phi) is 6.12. The predicted molar refractivity (Wildman–Crippen MR) is 87.1 cm³/mol. The third-order valence-electron chi connectivity index (χ3n) is 2.94. The summed E-state index contributed by atoms with van der Waals surface area (Å²) in [6.45, 7) is 0.804. The third kappa shape index (κ3) is 4.98. The minimum Gasteiger partial charge on any atom is -0.380 e. The van der Waals surface area contributed by atoms with Crippen molar-refractivity contribution in [3.8, 4) is 0 Å². The Hall–Kier alpha value is -2.18. The van der Waals surface area contributed by atoms with Crippen molar-refractivity contribution in [3.05, 3.63) is 52.2 Å². The molecule has 0 radical (unpaired) electrons. The van der Waals surface area contributed by atoms with Crippen molar-refractivity contribution >= 4 is 28.8 Å². The van der Waals surface area contributed by atoms with Gasteiger partial charge in [0.2, 0.25) is 5.91 Å². The van der Waals surface area contributed by atoms with Crippen LogP contribution in [0.5, 0.6) is 0 Å². The number of hydrogen-bond donors (Lipinski definition) is 2. The summed E-state index contributed by atoms with van der Waals surface area (Å²) in [5, 5.41) is 9.14. The zero-order valence-corrected chi connectivity index (χ0v) is 13.1. The second-order valence-electron chi connectivity index (χ2n) is 4.70. The van der Waals surface area contributed by atoms with E-state index in [9.17, 15) is 9.59 Å². The maximum atomic E-state index is 11.9. The molecule has 0 atom stereocenters. The zero-order valence-electron chi connectivity index (χ0n) is 12.3. The van der Waals surface area contributed by atoms with Crippen molar-refractivity contribution in [1.82, 2.24) is 5.32 Å². The molecule has 1 aromatic carbocycles. The molecule has 2 amide bonds. The largest absolute Gasteiger partial charge is 0.380 e. The van der Waals surface area contributed by atoms with Crippen LogP contribution in [0.2, 0.25) is 0 Å². The van der Waals surface area contributed by atoms with Gasteiger partial charge in [-0.05, 0) is 29.1 Å². The van der Waals surface area contributed by atoms with E-state index in [0.29, 0.717) is 18.7 Å². The summed E-state index contributed by atoms with van der Waals surface area (Å²) in [6, 6.07) is 9.23. The van der Waals surface area contributed by atoms with Crippen LogP contribution in [0.4, 0.5) is 5.69 Å². The first-order valence-corrected chi connectivity index (χ1v) is 7.81. The van der Waals surface area contributed by atoms with Gasteiger partial charge in [-0.1, -0.05) is 12.1 Å². The van der Waals surface area contributed by atoms with Gasteiger partial charge < -0.3 is 15.4 Å². The highest BCUT2D eigenvalue weighted by molar-refractivity contribution is 7.08. The monoisotopic (exact) mass is 318 g/mol. The highest BCUT2D eigenvalue weighted by atomic mass is 32.1. The number of nitrogens with one attached hydrogen (secondary N) is 2. The number of thiophene rings is 1. The Morgan fingerprint density at radius 2 is 2.14 bits per heavy atom. The highest BCUT2D eigenvalue weighted by Crippen LogP contribution is 2.11. The van der Waals surface area contributed by atoms with Crippen LogP contribution in [0.1, 0.15) is 22.3 Å². The summed E-state index contributed by atoms with van der Waals surface area (Å²) in [5.74, 6) is -0.295. The second-order valence-corrected chi connectivity index (χ2v) is 5.48. The molecule has 0 bridgehead atoms. The molecule has 0 saturated heterocycles. The summed E-state index contributed by atoms with van der Waals surface area (Å²) >= 11 is 1.46. The quantitative estimate of drug-likeness (QED) is 0.825. The average molecular weight is 318 g/mol. The van der Waals surface area contributed by atoms with E-state index in [-0.39, 0.29) is 18.2 Å². The number of ether oxygens (including phenoxy) is 1. The smallest absolute Gasteiger partial charge is 0.252 e. The van der Waals surface area contributed by atoms with Crippen molar-refractivity contribution in [2.75, 3.05) is 19.0 Å². The molecule has 2 N–H and O–H groups in total. The number of amides is 2. The third-order valence-corrected chi connectivity index (χ3v) is 3.63. The number of hydrogen-bond acceptors (Lipinski definition) is 4. The molecule has 0 aliphatic carbocycles. The normalized spacial score (nSPS) is 10.2. The number of methoxy groups -OCH3 is 1. The van der Waals surface area contributed by atoms with E-state index >= 15 is 0 Å². The molecule has 2 rings (SSSR count). The first kappa shape index (κ1) is 16.2. The van der Waals surface area contributed by atoms with Crippen LogP contribution in [0.3, 0.4) is 0 Å². The first-order valence-electron chi connectivity index (χ1n) is 6.87. The van der Waals surface area contributed by atoms with Gasteiger partial charge in [0, 0.05) is 36.7 Å². The Morgan fingerprint density at radius 3 is 2.86 bits per heavy atom. The van der Waals surface area contributed by atoms with Gasteiger partial charge in [0.15, 0.2) is 0 Å². The van der Waals surface area contributed by atoms with Gasteiger partial charge in [0.05, 0.1) is 6.61 Å². The standard InChI is InChI=1S/C16H18N2O3S/c1-21-10-12-3-2-4-14(9-12)18-15(19)5-7-17-16(20)13-6-8-22-11-13/h2-4,6,8-9,11H,5,7,10H2,1H3,(H,17,20)(H,18,19). The molecule has 2 aromatic rings. The fraction of sp³-hybridized carbons (Fsp3) is 0.250. The van der Waals surface area contributed by atoms with Crippen LogP contribution >= 0.6 is 11.3 Å². The number of carbonyl (C=O) groups excluding carboxylic acids is 2. The van der Waals surface area contributed by atoms with Crippen molar-refractivity contribution in [3.63, 3.8) is 0 Å². The number of anilines is 1. The van der Waals surface area contributed by atoms with Crippen LogP contribution < -0.4 is 10.6 Å². The van der Waals surface area contributed by atoms with Gasteiger partial charge >= 0.3 is 0 Å². The summed E-state index contributed by atoms with van der Waals surface area (Å²) in [4.78, 5) is 23.6. The van der Waals surface area contributed by atoms with E-state index < -0.39 is 0 Å². The number of carbonyl (C=O) groups is 2. The molecule has 1 aromatic heterocycles. The second kappa shape index (κ2) is 8.31. The average Bonchev–Trinajstić information content (AvgIpc) is 3.02. The van der Waals surface area contributed by atoms with E-state index in [1.54, 1.807) is 18.6 Å². The van der Waals surface area contributed by atoms with Gasteiger partial charge in [0.1, 0.15) is 0 Å². The van der Waals surface area contributed by atoms with Gasteiger partial charge in [-0.25, -0.2) is 0 Å². The molecule has 0 spiro atoms. The maximum Gasteiger partial charge on any atom is 0.252 e. The topological polar surface area (TPSA) is 67.4 Å². The number of benzene rings is 1. The van der Waals surface area contributed by atoms with Crippen LogP contribution in [0.25, 0.3) is 0 Å². The molecule has 0 saturated carbocycles. The first-order chi connectivity index (χ1) is 10.7. The molecule has 116 valence electrons. The van der Waals surface area contributed by atoms with Gasteiger partial charge in [-0.2, -0.15) is 11.3 Å². The molecule has 0 aliphatic rings. The van der Waals surface area contributed by atoms with Crippen LogP contribution in [-0.2, 0) is 16.1 Å². The maximum absolute atomic E-state index is 11.9. The molecular weight excluding hydrogens is 300 g/mol. The zero-order chi connectivity index (χ0) is 15.8. The fourth-order valence-electron chi connectivity index (χ4n) is 1.91. The highest BCUT2D eigenvalue weighted by Gasteiger charge is 2.07. The van der Waals surface area contributed by atoms with E-state index in [1.807, 2.05) is 29.6 Å². The summed E-state index contributed by atoms with van der Waals surface area (Å²) in [5.41, 5.74) is 2.34. The molecule has 0 aliphatic heterocycles. The minimum atomic E-state index is -0.156. The molecule has 22 heavy (non-hydrogen) atoms. The van der Waals surface area contributed by atoms with E-state index in [4.69, 9.17) is 4.74 Å². The van der Waals surface area contributed by atoms with Crippen molar-refractivity contribution in [2.24, 2.45) is 0 Å². The van der Waals surface area contributed by atoms with Gasteiger partial charge in [-0.15, -0.1) is 0 Å². The molecule has 0 fully saturated rings. The lowest BCUT2D eigenvalue weighted by molar-refractivity contribution is -0.116. The summed E-state index contributed by atoms with van der Waals surface area (Å²) in [6.07, 6.45) is 0.227. The van der Waals surface area contributed by atoms with Crippen molar-refractivity contribution < 1.29 is 14.3 Å². The molecule has 1 heterocycles. The minimum absolute atomic E-state index is 0.139. The lowest BCUT2D eigenvalue weighted by Gasteiger charge is -2.08. The fourth-order valence-corrected chi connectivity index (χ4v) is 2.55. The van der Waals surface area contributed by atoms with E-state index in [2.05, 4.69) is 10.6 Å². The van der Waals surface area contributed by atoms with E-state index in [0.717, 1.165) is 11.3 Å². The van der Waals surface area contributed by atoms with Crippen LogP contribution in [0, 0.1) is 0 Å². The van der Waals surface area contributed by atoms with Gasteiger partial charge in [-0.3, -0.25) is 9.59 Å². The van der Waals surface area contributed by atoms with Crippen LogP contribution in [0.15, 0.2) is 41.1 Å². The molecular formula is C16H18N2O3S. The molecule has 0 unspecified atom stereocenters. The Balaban J connectivity index is 1.76. The van der Waals surface area contributed by atoms with Crippen molar-refractivity contribution in [2.45, 2.75) is 13.0 Å². The molecule has 5 nitrogen and oxygen atoms in total.